The van der Waals surface area contributed by atoms with Gasteiger partial charge in [-0.3, -0.25) is 14.2 Å². The number of ether oxygens (including phenoxy) is 4. The fourth-order valence-electron chi connectivity index (χ4n) is 7.20. The quantitative estimate of drug-likeness (QED) is 0.0712. The lowest BCUT2D eigenvalue weighted by molar-refractivity contribution is -0.128. The van der Waals surface area contributed by atoms with Crippen LogP contribution in [0.5, 0.6) is 23.0 Å². The van der Waals surface area contributed by atoms with Gasteiger partial charge in [-0.25, -0.2) is 16.8 Å². The van der Waals surface area contributed by atoms with E-state index in [2.05, 4.69) is 15.5 Å². The molecule has 6 aromatic rings. The molecule has 1 N–H and O–H groups in total. The van der Waals surface area contributed by atoms with Crippen molar-refractivity contribution >= 4 is 26.0 Å². The second-order valence-corrected chi connectivity index (χ2v) is 20.6. The minimum absolute atomic E-state index is 0.0360. The third-order valence-corrected chi connectivity index (χ3v) is 14.5. The van der Waals surface area contributed by atoms with Crippen LogP contribution in [-0.2, 0) is 64.1 Å². The van der Waals surface area contributed by atoms with Crippen LogP contribution in [0.4, 0.5) is 0 Å². The summed E-state index contributed by atoms with van der Waals surface area (Å²) in [7, 11) is 2.01. The number of aromatic nitrogens is 4. The third kappa shape index (κ3) is 14.2. The number of methoxy groups -OCH3 is 4. The van der Waals surface area contributed by atoms with Crippen LogP contribution >= 0.6 is 0 Å². The molecular formula is C50H66N8O9S2. The maximum atomic E-state index is 13.9. The van der Waals surface area contributed by atoms with E-state index in [9.17, 15) is 21.6 Å². The van der Waals surface area contributed by atoms with Gasteiger partial charge in [0.2, 0.25) is 5.91 Å². The first-order chi connectivity index (χ1) is 32.8. The SMILES string of the molecule is CNCc1cc(S(=O)(=O)N(Cc2ccc(OC)cc2)Cc2ccc(OC)cc2)nn1C(C)C.COc1ccc(CN(Cc2ccc(OC)cc2)S(=O)(=O)c2cc(CN(C)C(C)=O)n(C(C)C)n2)cc1. The molecule has 0 aliphatic heterocycles. The van der Waals surface area contributed by atoms with Crippen LogP contribution in [0.2, 0.25) is 0 Å². The first-order valence-corrected chi connectivity index (χ1v) is 25.3. The highest BCUT2D eigenvalue weighted by atomic mass is 32.2. The first kappa shape index (κ1) is 53.7. The molecule has 0 aliphatic rings. The van der Waals surface area contributed by atoms with E-state index in [1.807, 2.05) is 108 Å². The predicted molar refractivity (Wildman–Crippen MR) is 265 cm³/mol. The van der Waals surface area contributed by atoms with Gasteiger partial charge in [0.1, 0.15) is 23.0 Å². The van der Waals surface area contributed by atoms with E-state index >= 15 is 0 Å². The van der Waals surface area contributed by atoms with Gasteiger partial charge in [-0.2, -0.15) is 18.8 Å². The molecule has 0 aliphatic carbocycles. The molecule has 6 rings (SSSR count). The molecule has 0 atom stereocenters. The van der Waals surface area contributed by atoms with E-state index < -0.39 is 20.0 Å². The molecule has 69 heavy (non-hydrogen) atoms. The van der Waals surface area contributed by atoms with Crippen molar-refractivity contribution in [3.8, 4) is 23.0 Å². The molecule has 0 saturated heterocycles. The average molecular weight is 987 g/mol. The standard InChI is InChI=1S/C26H34N4O5S.C24H32N4O4S/c1-19(2)30-23(18-28(4)20(3)31)15-26(27-30)36(32,33)29(16-21-7-11-24(34-5)12-8-21)17-22-9-13-25(35-6)14-10-22;1-18(2)28-21(15-25-3)14-24(26-28)33(29,30)27(16-19-6-10-22(31-4)11-7-19)17-20-8-12-23(32-5)13-9-20/h7-15,19H,16-18H2,1-6H3;6-14,18,25H,15-17H2,1-5H3. The lowest BCUT2D eigenvalue weighted by atomic mass is 10.2. The minimum Gasteiger partial charge on any atom is -0.497 e. The van der Waals surface area contributed by atoms with Crippen LogP contribution in [0, 0.1) is 0 Å². The monoisotopic (exact) mass is 986 g/mol. The maximum absolute atomic E-state index is 13.9. The summed E-state index contributed by atoms with van der Waals surface area (Å²) < 4.78 is 82.5. The van der Waals surface area contributed by atoms with E-state index in [0.29, 0.717) is 23.7 Å². The summed E-state index contributed by atoms with van der Waals surface area (Å²) in [5.41, 5.74) is 4.80. The van der Waals surface area contributed by atoms with Gasteiger partial charge in [0.05, 0.1) is 46.4 Å². The second kappa shape index (κ2) is 24.3. The van der Waals surface area contributed by atoms with Crippen molar-refractivity contribution < 1.29 is 40.6 Å². The number of sulfonamides is 2. The van der Waals surface area contributed by atoms with Gasteiger partial charge in [-0.15, -0.1) is 0 Å². The number of hydrogen-bond acceptors (Lipinski definition) is 12. The summed E-state index contributed by atoms with van der Waals surface area (Å²) in [4.78, 5) is 13.3. The number of benzene rings is 4. The van der Waals surface area contributed by atoms with Crippen molar-refractivity contribution in [1.82, 2.24) is 38.4 Å². The smallest absolute Gasteiger partial charge is 0.263 e. The number of carbonyl (C=O) groups excluding carboxylic acids is 1. The van der Waals surface area contributed by atoms with E-state index in [-0.39, 0.29) is 60.8 Å². The Balaban J connectivity index is 0.000000258. The highest BCUT2D eigenvalue weighted by Gasteiger charge is 2.31. The lowest BCUT2D eigenvalue weighted by Gasteiger charge is -2.22. The molecule has 372 valence electrons. The Kier molecular flexibility index (Phi) is 18.9. The molecule has 0 unspecified atom stereocenters. The van der Waals surface area contributed by atoms with Gasteiger partial charge in [0.25, 0.3) is 20.0 Å². The largest absolute Gasteiger partial charge is 0.497 e. The molecule has 0 fully saturated rings. The Labute approximate surface area is 407 Å². The minimum atomic E-state index is -3.98. The zero-order chi connectivity index (χ0) is 50.5. The molecule has 1 amide bonds. The second-order valence-electron chi connectivity index (χ2n) is 16.9. The third-order valence-electron chi connectivity index (χ3n) is 11.1. The summed E-state index contributed by atoms with van der Waals surface area (Å²) in [5.74, 6) is 2.71. The molecule has 0 spiro atoms. The van der Waals surface area contributed by atoms with Crippen LogP contribution in [0.15, 0.2) is 119 Å². The van der Waals surface area contributed by atoms with Gasteiger partial charge in [0.15, 0.2) is 10.1 Å². The Hall–Kier alpha value is -6.25. The Morgan fingerprint density at radius 1 is 0.536 bits per heavy atom. The first-order valence-electron chi connectivity index (χ1n) is 22.4. The van der Waals surface area contributed by atoms with Crippen molar-refractivity contribution in [3.05, 3.63) is 143 Å². The van der Waals surface area contributed by atoms with Crippen LogP contribution in [0.25, 0.3) is 0 Å². The van der Waals surface area contributed by atoms with Gasteiger partial charge in [-0.05, 0) is 106 Å². The summed E-state index contributed by atoms with van der Waals surface area (Å²) in [5, 5.41) is 12.0. The van der Waals surface area contributed by atoms with Crippen LogP contribution < -0.4 is 24.3 Å². The number of carbonyl (C=O) groups is 1. The number of nitrogens with one attached hydrogen (secondary N) is 1. The van der Waals surface area contributed by atoms with E-state index in [1.165, 1.54) is 20.4 Å². The van der Waals surface area contributed by atoms with Gasteiger partial charge in [0, 0.05) is 70.9 Å². The fourth-order valence-corrected chi connectivity index (χ4v) is 9.96. The van der Waals surface area contributed by atoms with E-state index in [1.54, 1.807) is 81.2 Å². The average Bonchev–Trinajstić information content (AvgIpc) is 3.99. The molecule has 2 heterocycles. The molecule has 4 aromatic carbocycles. The Morgan fingerprint density at radius 2 is 0.826 bits per heavy atom. The van der Waals surface area contributed by atoms with Crippen molar-refractivity contribution in [1.29, 1.82) is 0 Å². The highest BCUT2D eigenvalue weighted by Crippen LogP contribution is 2.27. The van der Waals surface area contributed by atoms with Crippen LogP contribution in [0.3, 0.4) is 0 Å². The molecule has 2 aromatic heterocycles. The van der Waals surface area contributed by atoms with E-state index in [4.69, 9.17) is 18.9 Å². The van der Waals surface area contributed by atoms with Crippen molar-refractivity contribution in [2.45, 2.75) is 96.0 Å². The number of hydrogen-bond donors (Lipinski definition) is 1. The predicted octanol–water partition coefficient (Wildman–Crippen LogP) is 7.44. The van der Waals surface area contributed by atoms with Gasteiger partial charge in [-0.1, -0.05) is 48.5 Å². The zero-order valence-corrected chi connectivity index (χ0v) is 43.0. The number of rotatable bonds is 22. The number of amides is 1. The molecular weight excluding hydrogens is 921 g/mol. The number of nitrogens with zero attached hydrogens (tertiary/aromatic N) is 7. The molecule has 0 radical (unpaired) electrons. The molecule has 0 saturated carbocycles. The lowest BCUT2D eigenvalue weighted by Crippen LogP contribution is -2.30. The molecule has 19 heteroatoms. The Morgan fingerprint density at radius 3 is 1.09 bits per heavy atom. The highest BCUT2D eigenvalue weighted by molar-refractivity contribution is 7.89. The van der Waals surface area contributed by atoms with Gasteiger partial charge < -0.3 is 29.2 Å². The summed E-state index contributed by atoms with van der Waals surface area (Å²) in [6, 6.07) is 32.5. The van der Waals surface area contributed by atoms with Gasteiger partial charge >= 0.3 is 0 Å². The van der Waals surface area contributed by atoms with E-state index in [0.717, 1.165) is 39.4 Å². The van der Waals surface area contributed by atoms with Crippen molar-refractivity contribution in [2.75, 3.05) is 42.5 Å². The fraction of sp³-hybridized carbons (Fsp3) is 0.380. The van der Waals surface area contributed by atoms with Crippen LogP contribution in [0.1, 0.15) is 80.3 Å². The zero-order valence-electron chi connectivity index (χ0n) is 41.4. The molecule has 0 bridgehead atoms. The maximum Gasteiger partial charge on any atom is 0.263 e. The van der Waals surface area contributed by atoms with Crippen molar-refractivity contribution in [3.63, 3.8) is 0 Å². The van der Waals surface area contributed by atoms with Crippen LogP contribution in [-0.4, -0.2) is 98.3 Å². The topological polar surface area (TPSA) is 180 Å². The molecule has 17 nitrogen and oxygen atoms in total. The normalized spacial score (nSPS) is 11.8. The Bertz CT molecular complexity index is 2700. The summed E-state index contributed by atoms with van der Waals surface area (Å²) in [6.45, 7) is 10.8. The van der Waals surface area contributed by atoms with Crippen molar-refractivity contribution in [2.24, 2.45) is 0 Å². The summed E-state index contributed by atoms with van der Waals surface area (Å²) >= 11 is 0. The summed E-state index contributed by atoms with van der Waals surface area (Å²) in [6.07, 6.45) is 0.